The lowest BCUT2D eigenvalue weighted by molar-refractivity contribution is -0.341. The first kappa shape index (κ1) is 52.7. The van der Waals surface area contributed by atoms with Crippen LogP contribution in [-0.2, 0) is 19.1 Å². The number of ether oxygens (including phenoxy) is 2. The Labute approximate surface area is 405 Å². The number of nitrogens with one attached hydrogen (secondary N) is 2. The summed E-state index contributed by atoms with van der Waals surface area (Å²) in [6, 6.07) is -0.622. The molecule has 14 N–H and O–H groups in total. The van der Waals surface area contributed by atoms with E-state index in [1.807, 2.05) is 13.8 Å². The smallest absolute Gasteiger partial charge is 0.310 e. The molecule has 3 heterocycles. The van der Waals surface area contributed by atoms with E-state index in [-0.39, 0.29) is 50.4 Å². The second-order valence-electron chi connectivity index (χ2n) is 23.9. The summed E-state index contributed by atoms with van der Waals surface area (Å²) in [5.74, 6) is -5.97. The van der Waals surface area contributed by atoms with E-state index in [1.54, 1.807) is 6.20 Å². The molecule has 8 rings (SSSR count). The molecule has 0 aromatic carbocycles. The van der Waals surface area contributed by atoms with Crippen molar-refractivity contribution in [1.29, 1.82) is 0 Å². The summed E-state index contributed by atoms with van der Waals surface area (Å²) in [6.07, 6.45) is -0.279. The van der Waals surface area contributed by atoms with E-state index in [0.29, 0.717) is 57.1 Å². The SMILES string of the molecule is CC[C@H]1[C@H](CO)[C@@]2(C(=O)O)CC[C@](C)(CO)C[C@H]2C2=CC[C@@H]3[C@@]4(C)[C@H](C[C@H]5[C@H]([C@H](CC[C@@H](N)O)c6cnc[nH]6)NC(=O)[C@@H]5CO)[C@@H](O)[C@@H](O[C@@H]5OC[C@@H](O)[C@H](O)[C@H]5O)[C@@](C)(CO)[C@H]4CC[C@@]3(C)[C@@]21C. The lowest BCUT2D eigenvalue weighted by Crippen LogP contribution is -2.74. The van der Waals surface area contributed by atoms with Crippen molar-refractivity contribution in [3.05, 3.63) is 29.9 Å². The molecule has 0 radical (unpaired) electrons. The molecule has 6 fully saturated rings. The summed E-state index contributed by atoms with van der Waals surface area (Å²) in [7, 11) is 0. The molecule has 0 bridgehead atoms. The molecule has 0 spiro atoms. The number of nitrogens with two attached hydrogens (primary N) is 1. The largest absolute Gasteiger partial charge is 0.481 e. The number of hydrogen-bond donors (Lipinski definition) is 13. The highest BCUT2D eigenvalue weighted by atomic mass is 16.7. The molecule has 2 saturated heterocycles. The molecule has 7 aliphatic rings. The summed E-state index contributed by atoms with van der Waals surface area (Å²) in [6.45, 7) is 11.0. The third-order valence-corrected chi connectivity index (χ3v) is 21.2. The van der Waals surface area contributed by atoms with Gasteiger partial charge >= 0.3 is 5.97 Å². The molecule has 1 amide bonds. The Hall–Kier alpha value is -2.59. The van der Waals surface area contributed by atoms with Gasteiger partial charge in [0, 0.05) is 48.4 Å². The number of hydrogen-bond acceptors (Lipinski definition) is 15. The van der Waals surface area contributed by atoms with Crippen LogP contribution in [0.5, 0.6) is 0 Å². The lowest BCUT2D eigenvalue weighted by Gasteiger charge is -2.75. The fourth-order valence-corrected chi connectivity index (χ4v) is 17.5. The molecule has 69 heavy (non-hydrogen) atoms. The van der Waals surface area contributed by atoms with Gasteiger partial charge in [-0.2, -0.15) is 0 Å². The molecule has 390 valence electrons. The number of fused-ring (bicyclic) bond motifs is 7. The topological polar surface area (TPSA) is 322 Å². The van der Waals surface area contributed by atoms with Crippen LogP contribution in [0.15, 0.2) is 24.2 Å². The standard InChI is InChI=1S/C51H82N4O14/c1-7-28-32(20-57)51(45(66)67)15-14-46(2,22-58)17-31(51)29-9-10-36-48(4,50(28,29)6)13-12-35-47(3,23-59)42(69-44-41(64)40(63)34(60)21-68-44)39(62)30(49(35,36)5)16-26-27(19-56)43(65)55-38(26)25(8-11-37(52)61)33-18-53-24-54-33/h9,18,24-28,30-32,34-42,44,56-64H,7-8,10-17,19-23,52H2,1-6H3,(H,53,54)(H,55,65)(H,66,67)/t25-,26-,27-,28+,30-,31+,32+,34-,35-,36+,37+,38+,39-,40+,41-,42-,44+,46+,47+,48-,49+,50-,51-/m1/s1. The quantitative estimate of drug-likeness (QED) is 0.0671. The Kier molecular flexibility index (Phi) is 14.5. The van der Waals surface area contributed by atoms with E-state index >= 15 is 0 Å². The maximum atomic E-state index is 14.1. The van der Waals surface area contributed by atoms with E-state index in [0.717, 1.165) is 5.57 Å². The minimum Gasteiger partial charge on any atom is -0.481 e. The monoisotopic (exact) mass is 975 g/mol. The van der Waals surface area contributed by atoms with Gasteiger partial charge in [0.25, 0.3) is 0 Å². The zero-order valence-corrected chi connectivity index (χ0v) is 41.3. The van der Waals surface area contributed by atoms with Crippen LogP contribution < -0.4 is 11.1 Å². The molecule has 18 heteroatoms. The predicted octanol–water partition coefficient (Wildman–Crippen LogP) is 1.37. The van der Waals surface area contributed by atoms with Crippen molar-refractivity contribution in [3.8, 4) is 0 Å². The summed E-state index contributed by atoms with van der Waals surface area (Å²) in [5.41, 5.74) is 2.48. The number of carbonyl (C=O) groups excluding carboxylic acids is 1. The number of aromatic amines is 1. The molecule has 18 nitrogen and oxygen atoms in total. The molecule has 0 unspecified atom stereocenters. The zero-order valence-electron chi connectivity index (χ0n) is 41.3. The number of aliphatic hydroxyl groups is 9. The van der Waals surface area contributed by atoms with Gasteiger partial charge in [-0.3, -0.25) is 9.59 Å². The number of aliphatic hydroxyl groups excluding tert-OH is 9. The van der Waals surface area contributed by atoms with Gasteiger partial charge in [-0.1, -0.05) is 59.6 Å². The first-order valence-corrected chi connectivity index (χ1v) is 25.6. The second kappa shape index (κ2) is 19.0. The fraction of sp³-hybridized carbons (Fsp3) is 0.863. The fourth-order valence-electron chi connectivity index (χ4n) is 17.5. The summed E-state index contributed by atoms with van der Waals surface area (Å²) < 4.78 is 12.4. The third-order valence-electron chi connectivity index (χ3n) is 21.2. The predicted molar refractivity (Wildman–Crippen MR) is 249 cm³/mol. The number of rotatable bonds is 15. The van der Waals surface area contributed by atoms with Crippen LogP contribution in [0.2, 0.25) is 0 Å². The van der Waals surface area contributed by atoms with E-state index in [2.05, 4.69) is 49.1 Å². The van der Waals surface area contributed by atoms with E-state index < -0.39 is 142 Å². The Morgan fingerprint density at radius 2 is 1.67 bits per heavy atom. The number of nitrogens with zero attached hydrogens (tertiary/aromatic N) is 1. The summed E-state index contributed by atoms with van der Waals surface area (Å²) in [4.78, 5) is 35.5. The van der Waals surface area contributed by atoms with Gasteiger partial charge in [0.15, 0.2) is 6.29 Å². The van der Waals surface area contributed by atoms with Crippen molar-refractivity contribution >= 4 is 11.9 Å². The van der Waals surface area contributed by atoms with E-state index in [1.165, 1.54) is 6.33 Å². The minimum absolute atomic E-state index is 0.1000. The van der Waals surface area contributed by atoms with Gasteiger partial charge in [-0.15, -0.1) is 0 Å². The molecule has 1 aromatic rings. The number of aliphatic carboxylic acids is 1. The van der Waals surface area contributed by atoms with Crippen LogP contribution in [0.1, 0.15) is 117 Å². The number of carboxylic acids is 1. The van der Waals surface area contributed by atoms with Crippen LogP contribution in [0.4, 0.5) is 0 Å². The molecule has 23 atom stereocenters. The summed E-state index contributed by atoms with van der Waals surface area (Å²) >= 11 is 0. The minimum atomic E-state index is -1.69. The highest BCUT2D eigenvalue weighted by Gasteiger charge is 2.76. The zero-order chi connectivity index (χ0) is 50.4. The van der Waals surface area contributed by atoms with E-state index in [4.69, 9.17) is 15.2 Å². The highest BCUT2D eigenvalue weighted by molar-refractivity contribution is 5.82. The van der Waals surface area contributed by atoms with Gasteiger partial charge in [0.1, 0.15) is 24.5 Å². The number of amides is 1. The van der Waals surface area contributed by atoms with Crippen LogP contribution >= 0.6 is 0 Å². The number of carboxylic acid groups (broad SMARTS) is 1. The van der Waals surface area contributed by atoms with Crippen molar-refractivity contribution < 1.29 is 70.1 Å². The average molecular weight is 975 g/mol. The van der Waals surface area contributed by atoms with Crippen LogP contribution in [-0.4, -0.2) is 155 Å². The Morgan fingerprint density at radius 1 is 0.942 bits per heavy atom. The summed E-state index contributed by atoms with van der Waals surface area (Å²) in [5, 5.41) is 116. The molecule has 2 aliphatic heterocycles. The first-order chi connectivity index (χ1) is 32.5. The Morgan fingerprint density at radius 3 is 2.26 bits per heavy atom. The third kappa shape index (κ3) is 7.73. The van der Waals surface area contributed by atoms with Crippen molar-refractivity contribution in [2.24, 2.45) is 85.6 Å². The van der Waals surface area contributed by atoms with Crippen molar-refractivity contribution in [3.63, 3.8) is 0 Å². The number of imidazole rings is 1. The maximum Gasteiger partial charge on any atom is 0.310 e. The van der Waals surface area contributed by atoms with Gasteiger partial charge in [-0.25, -0.2) is 4.98 Å². The van der Waals surface area contributed by atoms with Crippen LogP contribution in [0.3, 0.4) is 0 Å². The average Bonchev–Trinajstić information content (AvgIpc) is 3.96. The van der Waals surface area contributed by atoms with Gasteiger partial charge in [0.05, 0.1) is 49.7 Å². The molecule has 1 aromatic heterocycles. The van der Waals surface area contributed by atoms with Crippen molar-refractivity contribution in [1.82, 2.24) is 15.3 Å². The number of allylic oxidation sites excluding steroid dienone is 2. The number of carbonyl (C=O) groups is 2. The number of H-pyrrole nitrogens is 1. The lowest BCUT2D eigenvalue weighted by atomic mass is 9.29. The Bertz CT molecular complexity index is 2040. The van der Waals surface area contributed by atoms with Crippen molar-refractivity contribution in [2.75, 3.05) is 33.0 Å². The second-order valence-corrected chi connectivity index (χ2v) is 23.9. The van der Waals surface area contributed by atoms with E-state index in [9.17, 15) is 60.7 Å². The molecular weight excluding hydrogens is 893 g/mol. The Balaban J connectivity index is 1.31. The van der Waals surface area contributed by atoms with Gasteiger partial charge in [0.2, 0.25) is 5.91 Å². The molecule has 4 saturated carbocycles. The highest BCUT2D eigenvalue weighted by Crippen LogP contribution is 2.79. The normalized spacial score (nSPS) is 49.4. The van der Waals surface area contributed by atoms with Gasteiger partial charge in [-0.05, 0) is 115 Å². The molecule has 5 aliphatic carbocycles. The molecular formula is C51H82N4O14. The van der Waals surface area contributed by atoms with Gasteiger partial charge < -0.3 is 76.6 Å². The van der Waals surface area contributed by atoms with Crippen LogP contribution in [0.25, 0.3) is 0 Å². The number of aromatic nitrogens is 2. The van der Waals surface area contributed by atoms with Crippen LogP contribution in [0, 0.1) is 79.8 Å². The first-order valence-electron chi connectivity index (χ1n) is 25.6. The van der Waals surface area contributed by atoms with Crippen molar-refractivity contribution in [2.45, 2.75) is 161 Å². The maximum absolute atomic E-state index is 14.1.